The molecule has 2 aromatic carbocycles. The van der Waals surface area contributed by atoms with E-state index in [1.807, 2.05) is 40.9 Å². The lowest BCUT2D eigenvalue weighted by Crippen LogP contribution is -2.19. The van der Waals surface area contributed by atoms with E-state index < -0.39 is 0 Å². The molecule has 0 saturated heterocycles. The Kier molecular flexibility index (Phi) is 2.24. The third-order valence-corrected chi connectivity index (χ3v) is 4.53. The summed E-state index contributed by atoms with van der Waals surface area (Å²) in [4.78, 5) is 25.7. The summed E-state index contributed by atoms with van der Waals surface area (Å²) in [5, 5.41) is 2.13. The van der Waals surface area contributed by atoms with Gasteiger partial charge in [0.1, 0.15) is 0 Å². The summed E-state index contributed by atoms with van der Waals surface area (Å²) in [6, 6.07) is 17.0. The van der Waals surface area contributed by atoms with Gasteiger partial charge in [0, 0.05) is 23.5 Å². The highest BCUT2D eigenvalue weighted by Crippen LogP contribution is 2.32. The van der Waals surface area contributed by atoms with E-state index in [-0.39, 0.29) is 11.6 Å². The van der Waals surface area contributed by atoms with Crippen LogP contribution in [0.3, 0.4) is 0 Å². The molecule has 0 N–H and O–H groups in total. The molecule has 2 aromatic heterocycles. The molecule has 0 saturated carbocycles. The minimum Gasteiger partial charge on any atom is -0.322 e. The zero-order valence-electron chi connectivity index (χ0n) is 12.1. The van der Waals surface area contributed by atoms with E-state index in [1.54, 1.807) is 30.5 Å². The molecule has 23 heavy (non-hydrogen) atoms. The molecule has 0 amide bonds. The maximum Gasteiger partial charge on any atom is 0.196 e. The van der Waals surface area contributed by atoms with Crippen LogP contribution in [0.25, 0.3) is 16.3 Å². The molecule has 0 radical (unpaired) electrons. The van der Waals surface area contributed by atoms with Gasteiger partial charge in [-0.05, 0) is 16.8 Å². The van der Waals surface area contributed by atoms with E-state index >= 15 is 0 Å². The molecular weight excluding hydrogens is 286 g/mol. The van der Waals surface area contributed by atoms with Gasteiger partial charge in [0.05, 0.1) is 16.6 Å². The Bertz CT molecular complexity index is 1150. The van der Waals surface area contributed by atoms with Gasteiger partial charge in [-0.2, -0.15) is 0 Å². The number of benzene rings is 2. The number of carbonyl (C=O) groups excluding carboxylic acids is 2. The predicted molar refractivity (Wildman–Crippen MR) is 88.2 cm³/mol. The number of nitrogens with zero attached hydrogens (tertiary/aromatic N) is 1. The maximum absolute atomic E-state index is 12.9. The van der Waals surface area contributed by atoms with Crippen molar-refractivity contribution in [3.63, 3.8) is 0 Å². The van der Waals surface area contributed by atoms with Crippen LogP contribution in [0.15, 0.2) is 67.0 Å². The molecule has 3 nitrogen and oxygen atoms in total. The lowest BCUT2D eigenvalue weighted by atomic mass is 9.86. The van der Waals surface area contributed by atoms with E-state index in [4.69, 9.17) is 0 Å². The molecule has 5 rings (SSSR count). The first-order valence-corrected chi connectivity index (χ1v) is 7.46. The number of fused-ring (bicyclic) bond motifs is 5. The van der Waals surface area contributed by atoms with Gasteiger partial charge in [-0.1, -0.05) is 48.5 Å². The lowest BCUT2D eigenvalue weighted by molar-refractivity contribution is 0.0981. The summed E-state index contributed by atoms with van der Waals surface area (Å²) in [6.45, 7) is 0. The Labute approximate surface area is 131 Å². The van der Waals surface area contributed by atoms with Crippen molar-refractivity contribution in [1.82, 2.24) is 4.40 Å². The number of ketones is 2. The second-order valence-corrected chi connectivity index (χ2v) is 5.82. The maximum atomic E-state index is 12.9. The van der Waals surface area contributed by atoms with Gasteiger partial charge in [-0.15, -0.1) is 0 Å². The van der Waals surface area contributed by atoms with Crippen molar-refractivity contribution in [3.8, 4) is 0 Å². The Morgan fingerprint density at radius 2 is 1.30 bits per heavy atom. The van der Waals surface area contributed by atoms with Crippen molar-refractivity contribution in [1.29, 1.82) is 0 Å². The SMILES string of the molecule is O=C1c2ccccc2C(=O)c2c1cn1cc3ccccc3cc21. The van der Waals surface area contributed by atoms with E-state index in [9.17, 15) is 9.59 Å². The predicted octanol–water partition coefficient (Wildman–Crippen LogP) is 3.87. The van der Waals surface area contributed by atoms with Crippen LogP contribution in [0.1, 0.15) is 31.8 Å². The first kappa shape index (κ1) is 12.4. The first-order chi connectivity index (χ1) is 11.2. The van der Waals surface area contributed by atoms with Crippen molar-refractivity contribution in [2.24, 2.45) is 0 Å². The third kappa shape index (κ3) is 1.53. The first-order valence-electron chi connectivity index (χ1n) is 7.46. The second-order valence-electron chi connectivity index (χ2n) is 5.82. The highest BCUT2D eigenvalue weighted by atomic mass is 16.1. The van der Waals surface area contributed by atoms with Crippen LogP contribution in [0.4, 0.5) is 0 Å². The Morgan fingerprint density at radius 3 is 2.09 bits per heavy atom. The van der Waals surface area contributed by atoms with Crippen LogP contribution in [-0.2, 0) is 0 Å². The number of aromatic nitrogens is 1. The monoisotopic (exact) mass is 297 g/mol. The fourth-order valence-corrected chi connectivity index (χ4v) is 3.42. The van der Waals surface area contributed by atoms with Gasteiger partial charge >= 0.3 is 0 Å². The van der Waals surface area contributed by atoms with Crippen LogP contribution >= 0.6 is 0 Å². The Morgan fingerprint density at radius 1 is 0.652 bits per heavy atom. The van der Waals surface area contributed by atoms with Crippen LogP contribution in [-0.4, -0.2) is 16.0 Å². The van der Waals surface area contributed by atoms with Crippen molar-refractivity contribution < 1.29 is 9.59 Å². The number of hydrogen-bond donors (Lipinski definition) is 0. The summed E-state index contributed by atoms with van der Waals surface area (Å²) in [5.41, 5.74) is 2.77. The highest BCUT2D eigenvalue weighted by molar-refractivity contribution is 6.31. The van der Waals surface area contributed by atoms with Crippen molar-refractivity contribution in [2.75, 3.05) is 0 Å². The van der Waals surface area contributed by atoms with Crippen molar-refractivity contribution >= 4 is 27.9 Å². The largest absolute Gasteiger partial charge is 0.322 e. The van der Waals surface area contributed by atoms with E-state index in [0.717, 1.165) is 16.3 Å². The molecule has 0 spiro atoms. The number of hydrogen-bond acceptors (Lipinski definition) is 2. The van der Waals surface area contributed by atoms with Gasteiger partial charge in [0.2, 0.25) is 0 Å². The van der Waals surface area contributed by atoms with Gasteiger partial charge in [-0.25, -0.2) is 0 Å². The zero-order valence-corrected chi connectivity index (χ0v) is 12.1. The van der Waals surface area contributed by atoms with E-state index in [0.29, 0.717) is 22.3 Å². The highest BCUT2D eigenvalue weighted by Gasteiger charge is 2.32. The Balaban J connectivity index is 1.91. The minimum atomic E-state index is -0.0806. The molecule has 0 unspecified atom stereocenters. The molecule has 1 aliphatic rings. The molecule has 0 atom stereocenters. The summed E-state index contributed by atoms with van der Waals surface area (Å²) < 4.78 is 1.88. The van der Waals surface area contributed by atoms with Crippen LogP contribution in [0, 0.1) is 0 Å². The van der Waals surface area contributed by atoms with Crippen LogP contribution in [0.2, 0.25) is 0 Å². The quantitative estimate of drug-likeness (QED) is 0.435. The average Bonchev–Trinajstić information content (AvgIpc) is 2.96. The standard InChI is InChI=1S/C20H11NO2/c22-19-14-7-3-4-8-15(14)20(23)18-16(19)11-21-10-13-6-2-1-5-12(13)9-17(18)21/h1-11H. The normalized spacial score (nSPS) is 13.4. The molecule has 0 fully saturated rings. The fourth-order valence-electron chi connectivity index (χ4n) is 3.42. The van der Waals surface area contributed by atoms with Gasteiger partial charge in [-0.3, -0.25) is 9.59 Å². The average molecular weight is 297 g/mol. The molecule has 2 heterocycles. The zero-order chi connectivity index (χ0) is 15.6. The number of pyridine rings is 1. The van der Waals surface area contributed by atoms with Gasteiger partial charge in [0.15, 0.2) is 11.6 Å². The number of rotatable bonds is 0. The molecular formula is C20H11NO2. The fraction of sp³-hybridized carbons (Fsp3) is 0. The molecule has 0 aliphatic heterocycles. The molecule has 108 valence electrons. The topological polar surface area (TPSA) is 38.5 Å². The van der Waals surface area contributed by atoms with Gasteiger partial charge < -0.3 is 4.40 Å². The molecule has 0 bridgehead atoms. The summed E-state index contributed by atoms with van der Waals surface area (Å²) >= 11 is 0. The second kappa shape index (κ2) is 4.17. The smallest absolute Gasteiger partial charge is 0.196 e. The van der Waals surface area contributed by atoms with E-state index in [1.165, 1.54) is 0 Å². The summed E-state index contributed by atoms with van der Waals surface area (Å²) in [5.74, 6) is -0.157. The minimum absolute atomic E-state index is 0.0759. The lowest BCUT2D eigenvalue weighted by Gasteiger charge is -2.13. The molecule has 3 heteroatoms. The number of carbonyl (C=O) groups is 2. The molecule has 1 aliphatic carbocycles. The molecule has 4 aromatic rings. The third-order valence-electron chi connectivity index (χ3n) is 4.53. The summed E-state index contributed by atoms with van der Waals surface area (Å²) in [7, 11) is 0. The summed E-state index contributed by atoms with van der Waals surface area (Å²) in [6.07, 6.45) is 3.74. The van der Waals surface area contributed by atoms with Crippen LogP contribution < -0.4 is 0 Å². The van der Waals surface area contributed by atoms with Gasteiger partial charge in [0.25, 0.3) is 0 Å². The van der Waals surface area contributed by atoms with Crippen LogP contribution in [0.5, 0.6) is 0 Å². The Hall–Kier alpha value is -3.20. The van der Waals surface area contributed by atoms with Crippen molar-refractivity contribution in [3.05, 3.63) is 89.2 Å². The van der Waals surface area contributed by atoms with Crippen molar-refractivity contribution in [2.45, 2.75) is 0 Å². The van der Waals surface area contributed by atoms with E-state index in [2.05, 4.69) is 0 Å².